The van der Waals surface area contributed by atoms with Gasteiger partial charge in [-0.05, 0) is 17.7 Å². The Labute approximate surface area is 90.8 Å². The number of hydrogen-bond acceptors (Lipinski definition) is 3. The molecule has 5 heteroatoms. The molecule has 0 saturated carbocycles. The van der Waals surface area contributed by atoms with E-state index in [9.17, 15) is 9.00 Å². The molecule has 0 aliphatic heterocycles. The predicted molar refractivity (Wildman–Crippen MR) is 57.8 cm³/mol. The van der Waals surface area contributed by atoms with Gasteiger partial charge in [-0.15, -0.1) is 0 Å². The van der Waals surface area contributed by atoms with Gasteiger partial charge in [-0.2, -0.15) is 0 Å². The summed E-state index contributed by atoms with van der Waals surface area (Å²) in [6.45, 7) is 1.56. The van der Waals surface area contributed by atoms with E-state index in [4.69, 9.17) is 5.11 Å². The second kappa shape index (κ2) is 5.60. The summed E-state index contributed by atoms with van der Waals surface area (Å²) in [4.78, 5) is 14.4. The summed E-state index contributed by atoms with van der Waals surface area (Å²) >= 11 is 0. The molecular weight excluding hydrogens is 214 g/mol. The first kappa shape index (κ1) is 11.8. The van der Waals surface area contributed by atoms with Gasteiger partial charge in [-0.1, -0.05) is 6.92 Å². The molecule has 0 fully saturated rings. The standard InChI is InChI=1S/C10H13NO3S/c1-8(10(12)13)6-15(14)7-9-2-4-11-5-3-9/h2-5,8H,6-7H2,1H3,(H,12,13). The molecule has 1 rings (SSSR count). The highest BCUT2D eigenvalue weighted by atomic mass is 32.2. The van der Waals surface area contributed by atoms with Crippen molar-refractivity contribution in [3.05, 3.63) is 30.1 Å². The number of carboxylic acid groups (broad SMARTS) is 1. The highest BCUT2D eigenvalue weighted by Crippen LogP contribution is 2.05. The van der Waals surface area contributed by atoms with Crippen LogP contribution >= 0.6 is 0 Å². The van der Waals surface area contributed by atoms with Gasteiger partial charge in [-0.3, -0.25) is 14.0 Å². The summed E-state index contributed by atoms with van der Waals surface area (Å²) in [5, 5.41) is 8.65. The second-order valence-electron chi connectivity index (χ2n) is 3.35. The molecule has 82 valence electrons. The number of aliphatic carboxylic acids is 1. The van der Waals surface area contributed by atoms with Gasteiger partial charge in [0, 0.05) is 34.7 Å². The summed E-state index contributed by atoms with van der Waals surface area (Å²) in [5.74, 6) is -0.886. The normalized spacial score (nSPS) is 14.5. The van der Waals surface area contributed by atoms with E-state index in [1.807, 2.05) is 0 Å². The summed E-state index contributed by atoms with van der Waals surface area (Å²) in [6.07, 6.45) is 3.26. The highest BCUT2D eigenvalue weighted by Gasteiger charge is 2.14. The molecular formula is C10H13NO3S. The van der Waals surface area contributed by atoms with E-state index < -0.39 is 22.7 Å². The van der Waals surface area contributed by atoms with Crippen molar-refractivity contribution >= 4 is 16.8 Å². The molecule has 0 aliphatic rings. The van der Waals surface area contributed by atoms with Crippen molar-refractivity contribution in [2.24, 2.45) is 5.92 Å². The van der Waals surface area contributed by atoms with Crippen LogP contribution in [0.4, 0.5) is 0 Å². The van der Waals surface area contributed by atoms with E-state index in [1.54, 1.807) is 31.5 Å². The average Bonchev–Trinajstić information content (AvgIpc) is 2.18. The molecule has 2 unspecified atom stereocenters. The number of rotatable bonds is 5. The molecule has 0 aromatic carbocycles. The zero-order valence-electron chi connectivity index (χ0n) is 8.42. The molecule has 1 N–H and O–H groups in total. The minimum atomic E-state index is -1.13. The van der Waals surface area contributed by atoms with Crippen LogP contribution in [0.15, 0.2) is 24.5 Å². The van der Waals surface area contributed by atoms with Crippen molar-refractivity contribution < 1.29 is 14.1 Å². The lowest BCUT2D eigenvalue weighted by atomic mass is 10.2. The quantitative estimate of drug-likeness (QED) is 0.816. The third kappa shape index (κ3) is 4.20. The third-order valence-electron chi connectivity index (χ3n) is 1.93. The van der Waals surface area contributed by atoms with E-state index in [2.05, 4.69) is 4.98 Å². The SMILES string of the molecule is CC(CS(=O)Cc1ccncc1)C(=O)O. The van der Waals surface area contributed by atoms with E-state index in [-0.39, 0.29) is 5.75 Å². The van der Waals surface area contributed by atoms with Gasteiger partial charge >= 0.3 is 5.97 Å². The Bertz CT molecular complexity index is 353. The van der Waals surface area contributed by atoms with Gasteiger partial charge in [0.1, 0.15) is 0 Å². The average molecular weight is 227 g/mol. The molecule has 0 amide bonds. The van der Waals surface area contributed by atoms with Crippen molar-refractivity contribution in [2.75, 3.05) is 5.75 Å². The first-order chi connectivity index (χ1) is 7.09. The Hall–Kier alpha value is -1.23. The Morgan fingerprint density at radius 3 is 2.67 bits per heavy atom. The van der Waals surface area contributed by atoms with E-state index >= 15 is 0 Å². The minimum Gasteiger partial charge on any atom is -0.481 e. The van der Waals surface area contributed by atoms with E-state index in [1.165, 1.54) is 0 Å². The van der Waals surface area contributed by atoms with Crippen LogP contribution < -0.4 is 0 Å². The monoisotopic (exact) mass is 227 g/mol. The van der Waals surface area contributed by atoms with Crippen LogP contribution in [0.2, 0.25) is 0 Å². The third-order valence-corrected chi connectivity index (χ3v) is 3.46. The van der Waals surface area contributed by atoms with Crippen LogP contribution in [-0.4, -0.2) is 26.0 Å². The van der Waals surface area contributed by atoms with Gasteiger partial charge in [0.05, 0.1) is 5.92 Å². The Morgan fingerprint density at radius 1 is 1.53 bits per heavy atom. The molecule has 1 aromatic rings. The summed E-state index contributed by atoms with van der Waals surface area (Å²) in [6, 6.07) is 3.56. The molecule has 1 aromatic heterocycles. The largest absolute Gasteiger partial charge is 0.481 e. The maximum Gasteiger partial charge on any atom is 0.307 e. The summed E-state index contributed by atoms with van der Waals surface area (Å²) in [7, 11) is -1.13. The first-order valence-electron chi connectivity index (χ1n) is 4.56. The fourth-order valence-electron chi connectivity index (χ4n) is 1.07. The maximum absolute atomic E-state index is 11.6. The van der Waals surface area contributed by atoms with Crippen molar-refractivity contribution in [2.45, 2.75) is 12.7 Å². The first-order valence-corrected chi connectivity index (χ1v) is 6.05. The molecule has 4 nitrogen and oxygen atoms in total. The van der Waals surface area contributed by atoms with Crippen LogP contribution in [0.25, 0.3) is 0 Å². The minimum absolute atomic E-state index is 0.192. The van der Waals surface area contributed by atoms with Crippen LogP contribution in [-0.2, 0) is 21.3 Å². The number of aromatic nitrogens is 1. The van der Waals surface area contributed by atoms with E-state index in [0.717, 1.165) is 5.56 Å². The number of carboxylic acids is 1. The molecule has 0 spiro atoms. The number of pyridine rings is 1. The van der Waals surface area contributed by atoms with Gasteiger partial charge in [0.25, 0.3) is 0 Å². The van der Waals surface area contributed by atoms with Crippen molar-refractivity contribution in [1.29, 1.82) is 0 Å². The Morgan fingerprint density at radius 2 is 2.13 bits per heavy atom. The van der Waals surface area contributed by atoms with Gasteiger partial charge in [-0.25, -0.2) is 0 Å². The topological polar surface area (TPSA) is 67.3 Å². The van der Waals surface area contributed by atoms with Crippen LogP contribution in [0.1, 0.15) is 12.5 Å². The fraction of sp³-hybridized carbons (Fsp3) is 0.400. The molecule has 0 aliphatic carbocycles. The maximum atomic E-state index is 11.6. The number of carbonyl (C=O) groups is 1. The predicted octanol–water partition coefficient (Wildman–Crippen LogP) is 1.05. The molecule has 1 heterocycles. The fourth-order valence-corrected chi connectivity index (χ4v) is 2.46. The number of hydrogen-bond donors (Lipinski definition) is 1. The second-order valence-corrected chi connectivity index (χ2v) is 4.85. The lowest BCUT2D eigenvalue weighted by Crippen LogP contribution is -2.18. The Kier molecular flexibility index (Phi) is 4.42. The molecule has 0 radical (unpaired) electrons. The van der Waals surface area contributed by atoms with Gasteiger partial charge in [0.15, 0.2) is 0 Å². The van der Waals surface area contributed by atoms with E-state index in [0.29, 0.717) is 5.75 Å². The zero-order valence-corrected chi connectivity index (χ0v) is 9.24. The number of nitrogens with zero attached hydrogens (tertiary/aromatic N) is 1. The molecule has 0 saturated heterocycles. The lowest BCUT2D eigenvalue weighted by molar-refractivity contribution is -0.140. The van der Waals surface area contributed by atoms with Gasteiger partial charge in [0.2, 0.25) is 0 Å². The van der Waals surface area contributed by atoms with Crippen molar-refractivity contribution in [3.63, 3.8) is 0 Å². The molecule has 15 heavy (non-hydrogen) atoms. The van der Waals surface area contributed by atoms with Gasteiger partial charge < -0.3 is 5.11 Å². The summed E-state index contributed by atoms with van der Waals surface area (Å²) in [5.41, 5.74) is 0.918. The van der Waals surface area contributed by atoms with Crippen molar-refractivity contribution in [1.82, 2.24) is 4.98 Å². The molecule has 0 bridgehead atoms. The zero-order chi connectivity index (χ0) is 11.3. The highest BCUT2D eigenvalue weighted by molar-refractivity contribution is 7.84. The van der Waals surface area contributed by atoms with Crippen LogP contribution in [0, 0.1) is 5.92 Å². The Balaban J connectivity index is 2.47. The van der Waals surface area contributed by atoms with Crippen LogP contribution in [0.5, 0.6) is 0 Å². The van der Waals surface area contributed by atoms with Crippen LogP contribution in [0.3, 0.4) is 0 Å². The van der Waals surface area contributed by atoms with Crippen molar-refractivity contribution in [3.8, 4) is 0 Å². The molecule has 2 atom stereocenters. The smallest absolute Gasteiger partial charge is 0.307 e. The summed E-state index contributed by atoms with van der Waals surface area (Å²) < 4.78 is 11.6. The lowest BCUT2D eigenvalue weighted by Gasteiger charge is -2.05.